The number of aromatic nitrogens is 4. The van der Waals surface area contributed by atoms with Crippen LogP contribution in [0.2, 0.25) is 0 Å². The molecule has 2 heterocycles. The van der Waals surface area contributed by atoms with E-state index in [1.807, 2.05) is 42.9 Å². The fourth-order valence-electron chi connectivity index (χ4n) is 2.01. The molecule has 0 radical (unpaired) electrons. The minimum absolute atomic E-state index is 0.628. The molecule has 0 unspecified atom stereocenters. The van der Waals surface area contributed by atoms with Crippen molar-refractivity contribution in [1.29, 1.82) is 0 Å². The van der Waals surface area contributed by atoms with Gasteiger partial charge in [-0.25, -0.2) is 4.98 Å². The van der Waals surface area contributed by atoms with E-state index < -0.39 is 0 Å². The van der Waals surface area contributed by atoms with E-state index in [2.05, 4.69) is 10.1 Å². The van der Waals surface area contributed by atoms with Gasteiger partial charge in [0.25, 0.3) is 0 Å². The summed E-state index contributed by atoms with van der Waals surface area (Å²) in [6.45, 7) is 0. The van der Waals surface area contributed by atoms with Gasteiger partial charge in [0.1, 0.15) is 11.6 Å². The number of para-hydroxylation sites is 2. The lowest BCUT2D eigenvalue weighted by atomic mass is 10.3. The average molecular weight is 227 g/mol. The molecule has 5 nitrogen and oxygen atoms in total. The second-order valence-corrected chi connectivity index (χ2v) is 4.05. The summed E-state index contributed by atoms with van der Waals surface area (Å²) in [5, 5.41) is 4.14. The van der Waals surface area contributed by atoms with E-state index in [4.69, 9.17) is 5.73 Å². The number of nitrogen functional groups attached to an aromatic ring is 1. The van der Waals surface area contributed by atoms with Crippen molar-refractivity contribution >= 4 is 16.9 Å². The standard InChI is InChI=1S/C12H13N5/c1-16-10-6-4-3-5-9(10)15-12(16)8-7-14-17(2)11(8)13/h3-7H,13H2,1-2H3. The van der Waals surface area contributed by atoms with E-state index in [9.17, 15) is 0 Å². The first-order chi connectivity index (χ1) is 8.18. The zero-order chi connectivity index (χ0) is 12.0. The predicted molar refractivity (Wildman–Crippen MR) is 67.3 cm³/mol. The Morgan fingerprint density at radius 1 is 1.18 bits per heavy atom. The number of nitrogens with two attached hydrogens (primary N) is 1. The molecule has 0 aliphatic heterocycles. The van der Waals surface area contributed by atoms with Crippen molar-refractivity contribution in [2.24, 2.45) is 14.1 Å². The van der Waals surface area contributed by atoms with E-state index in [1.165, 1.54) is 0 Å². The second kappa shape index (κ2) is 3.35. The Morgan fingerprint density at radius 3 is 2.59 bits per heavy atom. The number of anilines is 1. The zero-order valence-corrected chi connectivity index (χ0v) is 9.75. The monoisotopic (exact) mass is 227 g/mol. The van der Waals surface area contributed by atoms with Crippen LogP contribution in [0.4, 0.5) is 5.82 Å². The van der Waals surface area contributed by atoms with Crippen LogP contribution < -0.4 is 5.73 Å². The Morgan fingerprint density at radius 2 is 1.94 bits per heavy atom. The summed E-state index contributed by atoms with van der Waals surface area (Å²) < 4.78 is 3.68. The molecule has 0 fully saturated rings. The molecule has 3 rings (SSSR count). The maximum Gasteiger partial charge on any atom is 0.146 e. The molecule has 0 saturated heterocycles. The fourth-order valence-corrected chi connectivity index (χ4v) is 2.01. The van der Waals surface area contributed by atoms with Gasteiger partial charge in [0.15, 0.2) is 0 Å². The first-order valence-corrected chi connectivity index (χ1v) is 5.38. The summed E-state index contributed by atoms with van der Waals surface area (Å²) in [7, 11) is 3.80. The highest BCUT2D eigenvalue weighted by molar-refractivity contribution is 5.82. The lowest BCUT2D eigenvalue weighted by Gasteiger charge is -2.01. The number of hydrogen-bond donors (Lipinski definition) is 1. The van der Waals surface area contributed by atoms with Crippen LogP contribution in [-0.2, 0) is 14.1 Å². The second-order valence-electron chi connectivity index (χ2n) is 4.05. The molecule has 0 aliphatic rings. The maximum atomic E-state index is 5.97. The van der Waals surface area contributed by atoms with Gasteiger partial charge in [0.05, 0.1) is 22.8 Å². The SMILES string of the molecule is Cn1ncc(-c2nc3ccccc3n2C)c1N. The Bertz CT molecular complexity index is 692. The molecule has 1 aromatic carbocycles. The molecular formula is C12H13N5. The zero-order valence-electron chi connectivity index (χ0n) is 9.75. The van der Waals surface area contributed by atoms with Gasteiger partial charge in [-0.15, -0.1) is 0 Å². The number of imidazole rings is 1. The van der Waals surface area contributed by atoms with Gasteiger partial charge in [-0.3, -0.25) is 4.68 Å². The van der Waals surface area contributed by atoms with Crippen LogP contribution in [0.1, 0.15) is 0 Å². The number of benzene rings is 1. The van der Waals surface area contributed by atoms with Crippen molar-refractivity contribution in [1.82, 2.24) is 19.3 Å². The molecule has 0 spiro atoms. The Hall–Kier alpha value is -2.30. The molecule has 0 saturated carbocycles. The van der Waals surface area contributed by atoms with E-state index >= 15 is 0 Å². The van der Waals surface area contributed by atoms with Gasteiger partial charge in [-0.2, -0.15) is 5.10 Å². The molecule has 86 valence electrons. The highest BCUT2D eigenvalue weighted by Gasteiger charge is 2.14. The van der Waals surface area contributed by atoms with Crippen molar-refractivity contribution in [3.05, 3.63) is 30.5 Å². The van der Waals surface area contributed by atoms with Gasteiger partial charge in [0.2, 0.25) is 0 Å². The fraction of sp³-hybridized carbons (Fsp3) is 0.167. The molecule has 0 bridgehead atoms. The van der Waals surface area contributed by atoms with E-state index in [1.54, 1.807) is 10.9 Å². The van der Waals surface area contributed by atoms with E-state index in [-0.39, 0.29) is 0 Å². The molecule has 17 heavy (non-hydrogen) atoms. The summed E-state index contributed by atoms with van der Waals surface area (Å²) in [6.07, 6.45) is 1.75. The first kappa shape index (κ1) is 9.89. The smallest absolute Gasteiger partial charge is 0.146 e. The van der Waals surface area contributed by atoms with Crippen molar-refractivity contribution in [2.75, 3.05) is 5.73 Å². The van der Waals surface area contributed by atoms with E-state index in [0.717, 1.165) is 22.4 Å². The highest BCUT2D eigenvalue weighted by atomic mass is 15.3. The highest BCUT2D eigenvalue weighted by Crippen LogP contribution is 2.27. The molecule has 2 N–H and O–H groups in total. The Kier molecular flexibility index (Phi) is 1.95. The predicted octanol–water partition coefficient (Wildman–Crippen LogP) is 1.56. The third kappa shape index (κ3) is 1.32. The summed E-state index contributed by atoms with van der Waals surface area (Å²) in [5.74, 6) is 1.47. The van der Waals surface area contributed by atoms with Crippen LogP contribution in [0.15, 0.2) is 30.5 Å². The van der Waals surface area contributed by atoms with Crippen LogP contribution in [-0.4, -0.2) is 19.3 Å². The van der Waals surface area contributed by atoms with Gasteiger partial charge < -0.3 is 10.3 Å². The quantitative estimate of drug-likeness (QED) is 0.686. The third-order valence-corrected chi connectivity index (χ3v) is 3.01. The number of hydrogen-bond acceptors (Lipinski definition) is 3. The Balaban J connectivity index is 2.31. The van der Waals surface area contributed by atoms with Crippen LogP contribution in [0.5, 0.6) is 0 Å². The maximum absolute atomic E-state index is 5.97. The van der Waals surface area contributed by atoms with Crippen LogP contribution >= 0.6 is 0 Å². The van der Waals surface area contributed by atoms with Gasteiger partial charge >= 0.3 is 0 Å². The lowest BCUT2D eigenvalue weighted by Crippen LogP contribution is -2.00. The minimum Gasteiger partial charge on any atom is -0.383 e. The Labute approximate surface area is 98.5 Å². The normalized spacial score (nSPS) is 11.2. The molecule has 5 heteroatoms. The minimum atomic E-state index is 0.628. The van der Waals surface area contributed by atoms with Crippen LogP contribution in [0.25, 0.3) is 22.4 Å². The largest absolute Gasteiger partial charge is 0.383 e. The third-order valence-electron chi connectivity index (χ3n) is 3.01. The van der Waals surface area contributed by atoms with Crippen molar-refractivity contribution < 1.29 is 0 Å². The number of rotatable bonds is 1. The van der Waals surface area contributed by atoms with Crippen LogP contribution in [0.3, 0.4) is 0 Å². The molecule has 2 aromatic heterocycles. The molecule has 0 amide bonds. The molecule has 0 aliphatic carbocycles. The number of fused-ring (bicyclic) bond motifs is 1. The van der Waals surface area contributed by atoms with Crippen LogP contribution in [0, 0.1) is 0 Å². The summed E-state index contributed by atoms with van der Waals surface area (Å²) >= 11 is 0. The van der Waals surface area contributed by atoms with Crippen molar-refractivity contribution in [3.63, 3.8) is 0 Å². The average Bonchev–Trinajstić information content (AvgIpc) is 2.83. The van der Waals surface area contributed by atoms with E-state index in [0.29, 0.717) is 5.82 Å². The first-order valence-electron chi connectivity index (χ1n) is 5.38. The van der Waals surface area contributed by atoms with Crippen molar-refractivity contribution in [3.8, 4) is 11.4 Å². The number of nitrogens with zero attached hydrogens (tertiary/aromatic N) is 4. The molecule has 3 aromatic rings. The summed E-state index contributed by atoms with van der Waals surface area (Å²) in [6, 6.07) is 8.01. The van der Waals surface area contributed by atoms with Gasteiger partial charge in [0, 0.05) is 14.1 Å². The lowest BCUT2D eigenvalue weighted by molar-refractivity contribution is 0.779. The van der Waals surface area contributed by atoms with Gasteiger partial charge in [-0.05, 0) is 12.1 Å². The van der Waals surface area contributed by atoms with Gasteiger partial charge in [-0.1, -0.05) is 12.1 Å². The number of aryl methyl sites for hydroxylation is 2. The van der Waals surface area contributed by atoms with Crippen molar-refractivity contribution in [2.45, 2.75) is 0 Å². The molecular weight excluding hydrogens is 214 g/mol. The molecule has 0 atom stereocenters. The summed E-state index contributed by atoms with van der Waals surface area (Å²) in [5.41, 5.74) is 8.89. The summed E-state index contributed by atoms with van der Waals surface area (Å²) in [4.78, 5) is 4.59. The topological polar surface area (TPSA) is 61.7 Å².